The highest BCUT2D eigenvalue weighted by atomic mass is 15.5. The summed E-state index contributed by atoms with van der Waals surface area (Å²) >= 11 is 0. The van der Waals surface area contributed by atoms with Gasteiger partial charge in [0.25, 0.3) is 0 Å². The highest BCUT2D eigenvalue weighted by Crippen LogP contribution is 2.31. The molecule has 11 heteroatoms. The van der Waals surface area contributed by atoms with Crippen LogP contribution >= 0.6 is 0 Å². The van der Waals surface area contributed by atoms with Crippen LogP contribution in [0.25, 0.3) is 16.8 Å². The Balaban J connectivity index is 1.24. The van der Waals surface area contributed by atoms with Crippen molar-refractivity contribution in [1.82, 2.24) is 35.2 Å². The Morgan fingerprint density at radius 1 is 1.03 bits per heavy atom. The van der Waals surface area contributed by atoms with E-state index in [-0.39, 0.29) is 6.04 Å². The van der Waals surface area contributed by atoms with Crippen LogP contribution in [0.3, 0.4) is 0 Å². The van der Waals surface area contributed by atoms with Crippen molar-refractivity contribution >= 4 is 17.5 Å². The van der Waals surface area contributed by atoms with Gasteiger partial charge in [-0.15, -0.1) is 5.10 Å². The molecule has 1 aromatic carbocycles. The fourth-order valence-electron chi connectivity index (χ4n) is 4.00. The molecule has 0 aliphatic carbocycles. The van der Waals surface area contributed by atoms with Crippen LogP contribution in [0.2, 0.25) is 0 Å². The van der Waals surface area contributed by atoms with Gasteiger partial charge in [-0.25, -0.2) is 25.2 Å². The molecule has 1 aliphatic rings. The topological polar surface area (TPSA) is 134 Å². The number of hydrogen-bond acceptors (Lipinski definition) is 10. The van der Waals surface area contributed by atoms with E-state index in [1.54, 1.807) is 17.2 Å². The van der Waals surface area contributed by atoms with Crippen molar-refractivity contribution < 1.29 is 0 Å². The van der Waals surface area contributed by atoms with E-state index in [4.69, 9.17) is 5.53 Å². The molecule has 0 saturated carbocycles. The Labute approximate surface area is 196 Å². The molecule has 0 atom stereocenters. The first-order valence-electron chi connectivity index (χ1n) is 11.3. The van der Waals surface area contributed by atoms with Gasteiger partial charge >= 0.3 is 0 Å². The van der Waals surface area contributed by atoms with Crippen LogP contribution in [0.5, 0.6) is 0 Å². The molecule has 4 aromatic rings. The van der Waals surface area contributed by atoms with Crippen molar-refractivity contribution in [2.24, 2.45) is 5.11 Å². The molecule has 0 amide bonds. The summed E-state index contributed by atoms with van der Waals surface area (Å²) in [5, 5.41) is 18.4. The van der Waals surface area contributed by atoms with Crippen LogP contribution in [0, 0.1) is 5.53 Å². The molecule has 3 aromatic heterocycles. The number of anilines is 2. The number of pyridine rings is 1. The molecule has 4 heterocycles. The summed E-state index contributed by atoms with van der Waals surface area (Å²) in [6.07, 6.45) is 9.96. The van der Waals surface area contributed by atoms with E-state index in [0.29, 0.717) is 11.5 Å². The minimum atomic E-state index is 0.251. The molecular formula is C23H25N11. The zero-order valence-corrected chi connectivity index (χ0v) is 18.8. The second-order valence-electron chi connectivity index (χ2n) is 8.16. The summed E-state index contributed by atoms with van der Waals surface area (Å²) in [6.45, 7) is 3.83. The average Bonchev–Trinajstić information content (AvgIpc) is 3.45. The van der Waals surface area contributed by atoms with Gasteiger partial charge in [0.2, 0.25) is 5.95 Å². The van der Waals surface area contributed by atoms with Gasteiger partial charge in [0.1, 0.15) is 12.0 Å². The highest BCUT2D eigenvalue weighted by molar-refractivity contribution is 5.72. The number of rotatable bonds is 7. The number of nitrogens with one attached hydrogen (secondary N) is 2. The molecule has 0 unspecified atom stereocenters. The minimum absolute atomic E-state index is 0.251. The zero-order valence-electron chi connectivity index (χ0n) is 18.8. The van der Waals surface area contributed by atoms with E-state index >= 15 is 0 Å². The summed E-state index contributed by atoms with van der Waals surface area (Å²) in [5.41, 5.74) is 12.1. The SMILES string of the molecule is CCc1cnc(N2CCC(Nc3ncc(-c4ccc(-n5cnnn5)cc4)cc3N=N)CC2)nc1. The Bertz CT molecular complexity index is 1230. The molecule has 1 saturated heterocycles. The van der Waals surface area contributed by atoms with Gasteiger partial charge in [0, 0.05) is 43.3 Å². The maximum absolute atomic E-state index is 7.66. The van der Waals surface area contributed by atoms with E-state index in [1.807, 2.05) is 42.7 Å². The van der Waals surface area contributed by atoms with Crippen molar-refractivity contribution in [3.05, 3.63) is 60.8 Å². The third kappa shape index (κ3) is 4.58. The summed E-state index contributed by atoms with van der Waals surface area (Å²) < 4.78 is 1.59. The minimum Gasteiger partial charge on any atom is -0.365 e. The van der Waals surface area contributed by atoms with E-state index in [0.717, 1.165) is 60.7 Å². The zero-order chi connectivity index (χ0) is 23.3. The van der Waals surface area contributed by atoms with E-state index < -0.39 is 0 Å². The normalized spacial score (nSPS) is 14.2. The quantitative estimate of drug-likeness (QED) is 0.402. The number of piperidine rings is 1. The summed E-state index contributed by atoms with van der Waals surface area (Å²) in [5.74, 6) is 1.41. The van der Waals surface area contributed by atoms with Gasteiger partial charge < -0.3 is 10.2 Å². The Hall–Kier alpha value is -4.28. The largest absolute Gasteiger partial charge is 0.365 e. The molecule has 34 heavy (non-hydrogen) atoms. The smallest absolute Gasteiger partial charge is 0.225 e. The number of benzene rings is 1. The third-order valence-electron chi connectivity index (χ3n) is 6.02. The lowest BCUT2D eigenvalue weighted by atomic mass is 10.0. The standard InChI is InChI=1S/C23H25N11/c1-2-16-12-26-23(27-13-16)33-9-7-19(8-10-33)29-22-21(30-24)11-18(14-25-22)17-3-5-20(6-4-17)34-15-28-31-32-34/h3-6,11-15,19,24H,2,7-10H2,1H3,(H,25,29). The molecule has 2 N–H and O–H groups in total. The lowest BCUT2D eigenvalue weighted by Crippen LogP contribution is -2.40. The van der Waals surface area contributed by atoms with Gasteiger partial charge in [-0.2, -0.15) is 5.11 Å². The van der Waals surface area contributed by atoms with E-state index in [2.05, 4.69) is 52.7 Å². The number of aryl methyl sites for hydroxylation is 1. The van der Waals surface area contributed by atoms with Gasteiger partial charge in [-0.3, -0.25) is 0 Å². The average molecular weight is 456 g/mol. The fourth-order valence-corrected chi connectivity index (χ4v) is 4.00. The van der Waals surface area contributed by atoms with Crippen LogP contribution in [0.1, 0.15) is 25.3 Å². The Morgan fingerprint density at radius 2 is 1.79 bits per heavy atom. The first kappa shape index (κ1) is 21.6. The predicted molar refractivity (Wildman–Crippen MR) is 127 cm³/mol. The van der Waals surface area contributed by atoms with Crippen molar-refractivity contribution in [2.45, 2.75) is 32.2 Å². The van der Waals surface area contributed by atoms with Crippen LogP contribution < -0.4 is 10.2 Å². The second-order valence-corrected chi connectivity index (χ2v) is 8.16. The summed E-state index contributed by atoms with van der Waals surface area (Å²) in [6, 6.07) is 9.94. The molecule has 11 nitrogen and oxygen atoms in total. The molecule has 172 valence electrons. The molecule has 0 radical (unpaired) electrons. The van der Waals surface area contributed by atoms with E-state index in [1.165, 1.54) is 0 Å². The van der Waals surface area contributed by atoms with Gasteiger partial charge in [0.05, 0.1) is 5.69 Å². The maximum atomic E-state index is 7.66. The van der Waals surface area contributed by atoms with Crippen LogP contribution in [0.4, 0.5) is 17.5 Å². The number of hydrogen-bond donors (Lipinski definition) is 2. The van der Waals surface area contributed by atoms with Crippen molar-refractivity contribution in [2.75, 3.05) is 23.3 Å². The first-order chi connectivity index (χ1) is 16.7. The van der Waals surface area contributed by atoms with Crippen LogP contribution in [-0.4, -0.2) is 54.3 Å². The molecule has 5 rings (SSSR count). The number of nitrogens with zero attached hydrogens (tertiary/aromatic N) is 9. The predicted octanol–water partition coefficient (Wildman–Crippen LogP) is 3.82. The van der Waals surface area contributed by atoms with Crippen molar-refractivity contribution in [1.29, 1.82) is 5.53 Å². The molecule has 1 fully saturated rings. The van der Waals surface area contributed by atoms with Crippen LogP contribution in [-0.2, 0) is 6.42 Å². The molecule has 1 aliphatic heterocycles. The van der Waals surface area contributed by atoms with Gasteiger partial charge in [0.15, 0.2) is 5.82 Å². The first-order valence-corrected chi connectivity index (χ1v) is 11.3. The number of tetrazole rings is 1. The van der Waals surface area contributed by atoms with Gasteiger partial charge in [-0.1, -0.05) is 19.1 Å². The number of aromatic nitrogens is 7. The van der Waals surface area contributed by atoms with Crippen molar-refractivity contribution in [3.63, 3.8) is 0 Å². The summed E-state index contributed by atoms with van der Waals surface area (Å²) in [7, 11) is 0. The molecular weight excluding hydrogens is 430 g/mol. The van der Waals surface area contributed by atoms with E-state index in [9.17, 15) is 0 Å². The Kier molecular flexibility index (Phi) is 6.15. The Morgan fingerprint density at radius 3 is 2.44 bits per heavy atom. The lowest BCUT2D eigenvalue weighted by molar-refractivity contribution is 0.518. The molecule has 0 bridgehead atoms. The monoisotopic (exact) mass is 455 g/mol. The van der Waals surface area contributed by atoms with Crippen LogP contribution in [0.15, 0.2) is 60.4 Å². The second kappa shape index (κ2) is 9.69. The molecule has 0 spiro atoms. The third-order valence-corrected chi connectivity index (χ3v) is 6.02. The van der Waals surface area contributed by atoms with Gasteiger partial charge in [-0.05, 0) is 59.0 Å². The highest BCUT2D eigenvalue weighted by Gasteiger charge is 2.22. The maximum Gasteiger partial charge on any atom is 0.225 e. The van der Waals surface area contributed by atoms with Crippen molar-refractivity contribution in [3.8, 4) is 16.8 Å². The lowest BCUT2D eigenvalue weighted by Gasteiger charge is -2.32. The fraction of sp³-hybridized carbons (Fsp3) is 0.304. The summed E-state index contributed by atoms with van der Waals surface area (Å²) in [4.78, 5) is 15.8.